The number of methoxy groups -OCH3 is 1. The summed E-state index contributed by atoms with van der Waals surface area (Å²) >= 11 is 3.27. The molecule has 0 amide bonds. The highest BCUT2D eigenvalue weighted by molar-refractivity contribution is 9.10. The molecular weight excluding hydrogens is 272 g/mol. The van der Waals surface area contributed by atoms with Crippen molar-refractivity contribution < 1.29 is 4.74 Å². The number of halogens is 1. The monoisotopic (exact) mass is 288 g/mol. The minimum absolute atomic E-state index is 0.0864. The van der Waals surface area contributed by atoms with E-state index < -0.39 is 0 Å². The van der Waals surface area contributed by atoms with E-state index in [1.165, 1.54) is 0 Å². The van der Waals surface area contributed by atoms with Gasteiger partial charge in [0.15, 0.2) is 0 Å². The fraction of sp³-hybridized carbons (Fsp3) is 0.636. The van der Waals surface area contributed by atoms with Crippen molar-refractivity contribution >= 4 is 15.9 Å². The van der Waals surface area contributed by atoms with Crippen LogP contribution in [0.3, 0.4) is 0 Å². The molecule has 1 rings (SSSR count). The minimum atomic E-state index is -0.128. The summed E-state index contributed by atoms with van der Waals surface area (Å²) < 4.78 is 5.58. The van der Waals surface area contributed by atoms with Crippen molar-refractivity contribution in [1.82, 2.24) is 9.97 Å². The second-order valence-corrected chi connectivity index (χ2v) is 4.95. The quantitative estimate of drug-likeness (QED) is 0.926. The van der Waals surface area contributed by atoms with Crippen molar-refractivity contribution in [3.8, 4) is 0 Å². The lowest BCUT2D eigenvalue weighted by Crippen LogP contribution is -2.19. The molecule has 5 heteroatoms. The number of hydrogen-bond acceptors (Lipinski definition) is 3. The smallest absolute Gasteiger partial charge is 0.265 e. The van der Waals surface area contributed by atoms with Gasteiger partial charge in [-0.25, -0.2) is 4.98 Å². The van der Waals surface area contributed by atoms with Crippen LogP contribution in [0, 0.1) is 0 Å². The molecule has 0 aliphatic heterocycles. The van der Waals surface area contributed by atoms with Crippen molar-refractivity contribution in [2.45, 2.75) is 32.6 Å². The van der Waals surface area contributed by atoms with Crippen LogP contribution in [0.15, 0.2) is 9.27 Å². The van der Waals surface area contributed by atoms with Gasteiger partial charge in [0.2, 0.25) is 0 Å². The van der Waals surface area contributed by atoms with Gasteiger partial charge in [-0.1, -0.05) is 20.8 Å². The molecule has 1 aromatic heterocycles. The summed E-state index contributed by atoms with van der Waals surface area (Å²) in [5, 5.41) is 0. The standard InChI is InChI=1S/C11H17BrN2O2/c1-6(2)9-8(12)11(15)14-10(13-9)7(3)5-16-4/h6-7H,5H2,1-4H3,(H,13,14,15). The van der Waals surface area contributed by atoms with Crippen molar-refractivity contribution in [3.63, 3.8) is 0 Å². The van der Waals surface area contributed by atoms with Crippen LogP contribution >= 0.6 is 15.9 Å². The van der Waals surface area contributed by atoms with Crippen LogP contribution in [-0.4, -0.2) is 23.7 Å². The van der Waals surface area contributed by atoms with Crippen LogP contribution in [0.1, 0.15) is 44.1 Å². The Morgan fingerprint density at radius 2 is 2.06 bits per heavy atom. The summed E-state index contributed by atoms with van der Waals surface area (Å²) in [6.07, 6.45) is 0. The van der Waals surface area contributed by atoms with E-state index in [1.807, 2.05) is 20.8 Å². The Hall–Kier alpha value is -0.680. The summed E-state index contributed by atoms with van der Waals surface area (Å²) in [5.41, 5.74) is 0.665. The number of hydrogen-bond donors (Lipinski definition) is 1. The molecule has 0 radical (unpaired) electrons. The SMILES string of the molecule is COCC(C)c1nc(C(C)C)c(Br)c(=O)[nH]1. The third-order valence-electron chi connectivity index (χ3n) is 2.34. The Kier molecular flexibility index (Phi) is 4.68. The Balaban J connectivity index is 3.18. The van der Waals surface area contributed by atoms with E-state index in [-0.39, 0.29) is 17.4 Å². The number of aromatic amines is 1. The summed E-state index contributed by atoms with van der Waals surface area (Å²) in [7, 11) is 1.64. The van der Waals surface area contributed by atoms with Crippen LogP contribution in [0.4, 0.5) is 0 Å². The summed E-state index contributed by atoms with van der Waals surface area (Å²) in [5.74, 6) is 0.979. The summed E-state index contributed by atoms with van der Waals surface area (Å²) in [6, 6.07) is 0. The van der Waals surface area contributed by atoms with Crippen LogP contribution in [-0.2, 0) is 4.74 Å². The normalized spacial score (nSPS) is 13.1. The maximum atomic E-state index is 11.7. The summed E-state index contributed by atoms with van der Waals surface area (Å²) in [4.78, 5) is 18.9. The summed E-state index contributed by atoms with van der Waals surface area (Å²) in [6.45, 7) is 6.54. The van der Waals surface area contributed by atoms with Crippen LogP contribution in [0.5, 0.6) is 0 Å². The molecule has 90 valence electrons. The topological polar surface area (TPSA) is 55.0 Å². The first kappa shape index (κ1) is 13.4. The number of aromatic nitrogens is 2. The van der Waals surface area contributed by atoms with Gasteiger partial charge in [0.25, 0.3) is 5.56 Å². The molecule has 1 atom stereocenters. The predicted molar refractivity (Wildman–Crippen MR) is 66.9 cm³/mol. The van der Waals surface area contributed by atoms with Crippen molar-refractivity contribution in [3.05, 3.63) is 26.3 Å². The van der Waals surface area contributed by atoms with E-state index >= 15 is 0 Å². The van der Waals surface area contributed by atoms with Gasteiger partial charge < -0.3 is 9.72 Å². The van der Waals surface area contributed by atoms with Crippen LogP contribution < -0.4 is 5.56 Å². The molecule has 0 aliphatic rings. The lowest BCUT2D eigenvalue weighted by atomic mass is 10.1. The molecule has 4 nitrogen and oxygen atoms in total. The number of ether oxygens (including phenoxy) is 1. The Morgan fingerprint density at radius 3 is 2.56 bits per heavy atom. The van der Waals surface area contributed by atoms with Gasteiger partial charge in [0, 0.05) is 13.0 Å². The van der Waals surface area contributed by atoms with E-state index in [2.05, 4.69) is 25.9 Å². The molecule has 0 aromatic carbocycles. The molecular formula is C11H17BrN2O2. The van der Waals surface area contributed by atoms with E-state index in [1.54, 1.807) is 7.11 Å². The van der Waals surface area contributed by atoms with Gasteiger partial charge >= 0.3 is 0 Å². The first-order valence-corrected chi connectivity index (χ1v) is 6.05. The van der Waals surface area contributed by atoms with Crippen molar-refractivity contribution in [2.75, 3.05) is 13.7 Å². The Morgan fingerprint density at radius 1 is 1.44 bits per heavy atom. The molecule has 1 N–H and O–H groups in total. The maximum absolute atomic E-state index is 11.7. The molecule has 0 fully saturated rings. The molecule has 1 aromatic rings. The van der Waals surface area contributed by atoms with Crippen molar-refractivity contribution in [2.24, 2.45) is 0 Å². The molecule has 0 aliphatic carbocycles. The predicted octanol–water partition coefficient (Wildman–Crippen LogP) is 2.41. The Labute approximate surface area is 104 Å². The first-order valence-electron chi connectivity index (χ1n) is 5.25. The van der Waals surface area contributed by atoms with Gasteiger partial charge in [-0.2, -0.15) is 0 Å². The lowest BCUT2D eigenvalue weighted by molar-refractivity contribution is 0.181. The molecule has 1 unspecified atom stereocenters. The molecule has 1 heterocycles. The zero-order valence-corrected chi connectivity index (χ0v) is 11.6. The van der Waals surface area contributed by atoms with Gasteiger partial charge in [0.05, 0.1) is 12.3 Å². The van der Waals surface area contributed by atoms with Gasteiger partial charge in [-0.3, -0.25) is 4.79 Å². The number of nitrogens with one attached hydrogen (secondary N) is 1. The average Bonchev–Trinajstić information content (AvgIpc) is 2.21. The highest BCUT2D eigenvalue weighted by Gasteiger charge is 2.15. The molecule has 0 bridgehead atoms. The third-order valence-corrected chi connectivity index (χ3v) is 3.10. The fourth-order valence-electron chi connectivity index (χ4n) is 1.44. The van der Waals surface area contributed by atoms with Crippen molar-refractivity contribution in [1.29, 1.82) is 0 Å². The maximum Gasteiger partial charge on any atom is 0.265 e. The van der Waals surface area contributed by atoms with Gasteiger partial charge in [0.1, 0.15) is 10.3 Å². The lowest BCUT2D eigenvalue weighted by Gasteiger charge is -2.13. The van der Waals surface area contributed by atoms with Crippen LogP contribution in [0.2, 0.25) is 0 Å². The van der Waals surface area contributed by atoms with E-state index in [4.69, 9.17) is 4.74 Å². The van der Waals surface area contributed by atoms with Crippen LogP contribution in [0.25, 0.3) is 0 Å². The minimum Gasteiger partial charge on any atom is -0.384 e. The molecule has 0 spiro atoms. The zero-order valence-electron chi connectivity index (χ0n) is 10.0. The highest BCUT2D eigenvalue weighted by atomic mass is 79.9. The van der Waals surface area contributed by atoms with Gasteiger partial charge in [-0.15, -0.1) is 0 Å². The number of rotatable bonds is 4. The fourth-order valence-corrected chi connectivity index (χ4v) is 2.08. The highest BCUT2D eigenvalue weighted by Crippen LogP contribution is 2.20. The third kappa shape index (κ3) is 2.92. The molecule has 0 saturated heterocycles. The average molecular weight is 289 g/mol. The largest absolute Gasteiger partial charge is 0.384 e. The van der Waals surface area contributed by atoms with E-state index in [0.29, 0.717) is 16.9 Å². The second-order valence-electron chi connectivity index (χ2n) is 4.16. The Bertz CT molecular complexity index is 415. The molecule has 16 heavy (non-hydrogen) atoms. The molecule has 0 saturated carbocycles. The van der Waals surface area contributed by atoms with E-state index in [0.717, 1.165) is 5.69 Å². The van der Waals surface area contributed by atoms with Gasteiger partial charge in [-0.05, 0) is 21.8 Å². The van der Waals surface area contributed by atoms with E-state index in [9.17, 15) is 4.79 Å². The number of H-pyrrole nitrogens is 1. The zero-order chi connectivity index (χ0) is 12.3. The number of nitrogens with zero attached hydrogens (tertiary/aromatic N) is 1. The second kappa shape index (κ2) is 5.59. The first-order chi connectivity index (χ1) is 7.47.